The van der Waals surface area contributed by atoms with E-state index in [1.54, 1.807) is 6.92 Å². The largest absolute Gasteiger partial charge is 0.480 e. The van der Waals surface area contributed by atoms with Gasteiger partial charge in [-0.2, -0.15) is 0 Å². The van der Waals surface area contributed by atoms with Gasteiger partial charge in [-0.05, 0) is 13.0 Å². The molecular formula is C12H15N3O6. The van der Waals surface area contributed by atoms with Crippen molar-refractivity contribution in [1.82, 2.24) is 5.32 Å². The van der Waals surface area contributed by atoms with Crippen molar-refractivity contribution >= 4 is 23.4 Å². The molecule has 0 aromatic heterocycles. The highest BCUT2D eigenvalue weighted by Gasteiger charge is 2.19. The number of nitro benzene ring substituents is 1. The fourth-order valence-corrected chi connectivity index (χ4v) is 1.60. The van der Waals surface area contributed by atoms with E-state index in [9.17, 15) is 19.7 Å². The number of rotatable bonds is 6. The van der Waals surface area contributed by atoms with Crippen LogP contribution >= 0.6 is 0 Å². The van der Waals surface area contributed by atoms with E-state index in [-0.39, 0.29) is 17.8 Å². The predicted octanol–water partition coefficient (Wildman–Crippen LogP) is 0.860. The standard InChI is InChI=1S/C12H15N3O6/c1-7-2-3-8(6-10(7)15(20)21)13-12(19)14-9(4-5-16)11(17)18/h2-3,6,9,16H,4-5H2,1H3,(H,17,18)(H2,13,14,19). The molecule has 9 nitrogen and oxygen atoms in total. The number of nitro groups is 1. The van der Waals surface area contributed by atoms with Crippen molar-refractivity contribution in [1.29, 1.82) is 0 Å². The first-order valence-corrected chi connectivity index (χ1v) is 6.01. The molecule has 0 aliphatic heterocycles. The molecule has 1 aromatic carbocycles. The minimum absolute atomic E-state index is 0.142. The second kappa shape index (κ2) is 7.20. The number of aliphatic hydroxyl groups excluding tert-OH is 1. The van der Waals surface area contributed by atoms with Crippen molar-refractivity contribution in [3.05, 3.63) is 33.9 Å². The van der Waals surface area contributed by atoms with Gasteiger partial charge in [-0.15, -0.1) is 0 Å². The molecule has 0 heterocycles. The molecule has 1 rings (SSSR count). The molecule has 1 aromatic rings. The van der Waals surface area contributed by atoms with Crippen LogP contribution in [-0.4, -0.2) is 39.8 Å². The summed E-state index contributed by atoms with van der Waals surface area (Å²) in [6.07, 6.45) is -0.142. The number of carbonyl (C=O) groups is 2. The third-order valence-electron chi connectivity index (χ3n) is 2.68. The van der Waals surface area contributed by atoms with Crippen LogP contribution in [0.25, 0.3) is 0 Å². The van der Waals surface area contributed by atoms with Crippen LogP contribution in [0.3, 0.4) is 0 Å². The fraction of sp³-hybridized carbons (Fsp3) is 0.333. The summed E-state index contributed by atoms with van der Waals surface area (Å²) in [4.78, 5) is 32.7. The zero-order chi connectivity index (χ0) is 16.0. The maximum Gasteiger partial charge on any atom is 0.326 e. The third-order valence-corrected chi connectivity index (χ3v) is 2.68. The first-order chi connectivity index (χ1) is 9.85. The van der Waals surface area contributed by atoms with Crippen LogP contribution < -0.4 is 10.6 Å². The van der Waals surface area contributed by atoms with E-state index in [1.807, 2.05) is 0 Å². The van der Waals surface area contributed by atoms with E-state index in [4.69, 9.17) is 10.2 Å². The molecule has 1 unspecified atom stereocenters. The van der Waals surface area contributed by atoms with Crippen molar-refractivity contribution in [3.63, 3.8) is 0 Å². The van der Waals surface area contributed by atoms with Crippen LogP contribution in [0.2, 0.25) is 0 Å². The highest BCUT2D eigenvalue weighted by Crippen LogP contribution is 2.22. The molecule has 114 valence electrons. The number of carbonyl (C=O) groups excluding carboxylic acids is 1. The Balaban J connectivity index is 2.77. The van der Waals surface area contributed by atoms with E-state index in [1.165, 1.54) is 18.2 Å². The number of aliphatic carboxylic acids is 1. The Labute approximate surface area is 119 Å². The molecule has 9 heteroatoms. The monoisotopic (exact) mass is 297 g/mol. The highest BCUT2D eigenvalue weighted by molar-refractivity contribution is 5.92. The maximum atomic E-state index is 11.6. The fourth-order valence-electron chi connectivity index (χ4n) is 1.60. The molecule has 0 aliphatic carbocycles. The second-order valence-electron chi connectivity index (χ2n) is 4.26. The van der Waals surface area contributed by atoms with Gasteiger partial charge in [0.25, 0.3) is 5.69 Å². The van der Waals surface area contributed by atoms with Crippen molar-refractivity contribution in [2.24, 2.45) is 0 Å². The average molecular weight is 297 g/mol. The number of benzene rings is 1. The van der Waals surface area contributed by atoms with Crippen LogP contribution in [0.4, 0.5) is 16.2 Å². The lowest BCUT2D eigenvalue weighted by atomic mass is 10.2. The molecule has 1 atom stereocenters. The average Bonchev–Trinajstić information content (AvgIpc) is 2.40. The minimum Gasteiger partial charge on any atom is -0.480 e. The Morgan fingerprint density at radius 3 is 2.62 bits per heavy atom. The molecule has 0 fully saturated rings. The summed E-state index contributed by atoms with van der Waals surface area (Å²) in [5.74, 6) is -1.28. The molecular weight excluding hydrogens is 282 g/mol. The van der Waals surface area contributed by atoms with Gasteiger partial charge in [-0.25, -0.2) is 9.59 Å². The molecule has 0 aliphatic rings. The quantitative estimate of drug-likeness (QED) is 0.453. The van der Waals surface area contributed by atoms with Crippen LogP contribution in [-0.2, 0) is 4.79 Å². The third kappa shape index (κ3) is 4.73. The summed E-state index contributed by atoms with van der Waals surface area (Å²) in [5.41, 5.74) is 0.450. The number of urea groups is 1. The van der Waals surface area contributed by atoms with Crippen molar-refractivity contribution in [3.8, 4) is 0 Å². The zero-order valence-electron chi connectivity index (χ0n) is 11.2. The van der Waals surface area contributed by atoms with Gasteiger partial charge in [0.15, 0.2) is 0 Å². The summed E-state index contributed by atoms with van der Waals surface area (Å²) < 4.78 is 0. The molecule has 0 bridgehead atoms. The number of anilines is 1. The summed E-state index contributed by atoms with van der Waals surface area (Å²) >= 11 is 0. The van der Waals surface area contributed by atoms with Crippen molar-refractivity contribution in [2.45, 2.75) is 19.4 Å². The zero-order valence-corrected chi connectivity index (χ0v) is 11.2. The summed E-state index contributed by atoms with van der Waals surface area (Å²) in [7, 11) is 0. The summed E-state index contributed by atoms with van der Waals surface area (Å²) in [6.45, 7) is 1.16. The van der Waals surface area contributed by atoms with E-state index in [0.717, 1.165) is 0 Å². The number of hydrogen-bond donors (Lipinski definition) is 4. The number of aryl methyl sites for hydroxylation is 1. The topological polar surface area (TPSA) is 142 Å². The predicted molar refractivity (Wildman–Crippen MR) is 73.1 cm³/mol. The van der Waals surface area contributed by atoms with Crippen molar-refractivity contribution in [2.75, 3.05) is 11.9 Å². The molecule has 4 N–H and O–H groups in total. The van der Waals surface area contributed by atoms with E-state index >= 15 is 0 Å². The lowest BCUT2D eigenvalue weighted by Gasteiger charge is -2.14. The Morgan fingerprint density at radius 1 is 1.43 bits per heavy atom. The molecule has 0 saturated carbocycles. The summed E-state index contributed by atoms with van der Waals surface area (Å²) in [6, 6.07) is 2.04. The molecule has 2 amide bonds. The van der Waals surface area contributed by atoms with Crippen LogP contribution in [0.1, 0.15) is 12.0 Å². The Kier molecular flexibility index (Phi) is 5.61. The first-order valence-electron chi connectivity index (χ1n) is 6.01. The highest BCUT2D eigenvalue weighted by atomic mass is 16.6. The molecule has 21 heavy (non-hydrogen) atoms. The first kappa shape index (κ1) is 16.4. The summed E-state index contributed by atoms with van der Waals surface area (Å²) in [5, 5.41) is 32.8. The Hall–Kier alpha value is -2.68. The number of aliphatic hydroxyl groups is 1. The molecule has 0 radical (unpaired) electrons. The van der Waals surface area contributed by atoms with Crippen LogP contribution in [0.15, 0.2) is 18.2 Å². The van der Waals surface area contributed by atoms with Gasteiger partial charge in [0, 0.05) is 30.3 Å². The lowest BCUT2D eigenvalue weighted by molar-refractivity contribution is -0.385. The van der Waals surface area contributed by atoms with E-state index in [0.29, 0.717) is 5.56 Å². The van der Waals surface area contributed by atoms with Gasteiger partial charge in [-0.3, -0.25) is 10.1 Å². The Bertz CT molecular complexity index is 560. The van der Waals surface area contributed by atoms with E-state index in [2.05, 4.69) is 10.6 Å². The maximum absolute atomic E-state index is 11.6. The number of carboxylic acid groups (broad SMARTS) is 1. The van der Waals surface area contributed by atoms with E-state index < -0.39 is 29.6 Å². The lowest BCUT2D eigenvalue weighted by Crippen LogP contribution is -2.43. The molecule has 0 spiro atoms. The van der Waals surface area contributed by atoms with Gasteiger partial charge >= 0.3 is 12.0 Å². The van der Waals surface area contributed by atoms with Gasteiger partial charge in [0.1, 0.15) is 6.04 Å². The number of amides is 2. The Morgan fingerprint density at radius 2 is 2.10 bits per heavy atom. The number of hydrogen-bond acceptors (Lipinski definition) is 5. The second-order valence-corrected chi connectivity index (χ2v) is 4.26. The van der Waals surface area contributed by atoms with Crippen molar-refractivity contribution < 1.29 is 24.7 Å². The van der Waals surface area contributed by atoms with Gasteiger partial charge in [-0.1, -0.05) is 6.07 Å². The molecule has 0 saturated heterocycles. The van der Waals surface area contributed by atoms with Gasteiger partial charge in [0.2, 0.25) is 0 Å². The number of carboxylic acids is 1. The van der Waals surface area contributed by atoms with Crippen LogP contribution in [0.5, 0.6) is 0 Å². The number of nitrogens with zero attached hydrogens (tertiary/aromatic N) is 1. The van der Waals surface area contributed by atoms with Crippen LogP contribution in [0, 0.1) is 17.0 Å². The normalized spacial score (nSPS) is 11.5. The minimum atomic E-state index is -1.28. The van der Waals surface area contributed by atoms with Gasteiger partial charge < -0.3 is 20.8 Å². The van der Waals surface area contributed by atoms with Gasteiger partial charge in [0.05, 0.1) is 4.92 Å². The SMILES string of the molecule is Cc1ccc(NC(=O)NC(CCO)C(=O)O)cc1[N+](=O)[O-]. The number of nitrogens with one attached hydrogen (secondary N) is 2. The smallest absolute Gasteiger partial charge is 0.326 e.